The summed E-state index contributed by atoms with van der Waals surface area (Å²) in [6.45, 7) is 3.46. The Morgan fingerprint density at radius 2 is 1.79 bits per heavy atom. The zero-order valence-electron chi connectivity index (χ0n) is 9.97. The van der Waals surface area contributed by atoms with Crippen LogP contribution in [0.25, 0.3) is 0 Å². The quantitative estimate of drug-likeness (QED) is 0.650. The maximum absolute atomic E-state index is 12.0. The standard InChI is InChI=1S/C11H13N3O3S.Na.H/c1-7-8(2)13-17-11(7)14-18(15,16)10-5-3-9(12)4-6-10;;/h3-6,14H,12H2,1-2H3;;. The van der Waals surface area contributed by atoms with Crippen LogP contribution in [0.4, 0.5) is 11.6 Å². The van der Waals surface area contributed by atoms with Crippen LogP contribution in [0.3, 0.4) is 0 Å². The molecular formula is C11H14N3NaO3S. The van der Waals surface area contributed by atoms with E-state index in [-0.39, 0.29) is 40.3 Å². The van der Waals surface area contributed by atoms with Crippen LogP contribution in [0.1, 0.15) is 11.3 Å². The van der Waals surface area contributed by atoms with Crippen molar-refractivity contribution in [3.63, 3.8) is 0 Å². The third kappa shape index (κ3) is 3.50. The average Bonchev–Trinajstić information content (AvgIpc) is 2.61. The van der Waals surface area contributed by atoms with Gasteiger partial charge in [0.25, 0.3) is 10.0 Å². The molecule has 1 heterocycles. The van der Waals surface area contributed by atoms with Gasteiger partial charge in [-0.2, -0.15) is 0 Å². The molecule has 3 N–H and O–H groups in total. The van der Waals surface area contributed by atoms with E-state index in [1.165, 1.54) is 24.3 Å². The summed E-state index contributed by atoms with van der Waals surface area (Å²) in [5.74, 6) is 0.129. The van der Waals surface area contributed by atoms with Gasteiger partial charge < -0.3 is 10.3 Å². The molecule has 0 aliphatic rings. The van der Waals surface area contributed by atoms with Gasteiger partial charge in [0.2, 0.25) is 5.88 Å². The number of nitrogen functional groups attached to an aromatic ring is 1. The number of aryl methyl sites for hydroxylation is 1. The average molecular weight is 291 g/mol. The van der Waals surface area contributed by atoms with E-state index in [4.69, 9.17) is 10.3 Å². The van der Waals surface area contributed by atoms with Crippen molar-refractivity contribution < 1.29 is 12.9 Å². The van der Waals surface area contributed by atoms with Crippen LogP contribution in [0, 0.1) is 13.8 Å². The van der Waals surface area contributed by atoms with Gasteiger partial charge in [-0.15, -0.1) is 0 Å². The molecule has 2 rings (SSSR count). The number of anilines is 2. The molecule has 2 aromatic rings. The van der Waals surface area contributed by atoms with Crippen molar-refractivity contribution in [1.29, 1.82) is 0 Å². The van der Waals surface area contributed by atoms with Gasteiger partial charge >= 0.3 is 29.6 Å². The first-order chi connectivity index (χ1) is 8.40. The molecule has 0 saturated heterocycles. The predicted octanol–water partition coefficient (Wildman–Crippen LogP) is 1.03. The van der Waals surface area contributed by atoms with Gasteiger partial charge in [-0.1, -0.05) is 5.16 Å². The monoisotopic (exact) mass is 291 g/mol. The molecule has 1 aromatic heterocycles. The normalized spacial score (nSPS) is 10.8. The number of nitrogens with two attached hydrogens (primary N) is 1. The first-order valence-electron chi connectivity index (χ1n) is 5.21. The van der Waals surface area contributed by atoms with E-state index < -0.39 is 10.0 Å². The van der Waals surface area contributed by atoms with Gasteiger partial charge in [-0.3, -0.25) is 0 Å². The molecule has 0 aliphatic carbocycles. The Morgan fingerprint density at radius 1 is 1.21 bits per heavy atom. The summed E-state index contributed by atoms with van der Waals surface area (Å²) >= 11 is 0. The molecule has 0 saturated carbocycles. The van der Waals surface area contributed by atoms with Crippen LogP contribution < -0.4 is 10.5 Å². The number of sulfonamides is 1. The van der Waals surface area contributed by atoms with Crippen LogP contribution >= 0.6 is 0 Å². The van der Waals surface area contributed by atoms with E-state index in [0.717, 1.165) is 0 Å². The molecular weight excluding hydrogens is 277 g/mol. The van der Waals surface area contributed by atoms with E-state index in [1.54, 1.807) is 13.8 Å². The number of rotatable bonds is 3. The van der Waals surface area contributed by atoms with Gasteiger partial charge in [0, 0.05) is 11.3 Å². The number of hydrogen-bond acceptors (Lipinski definition) is 5. The summed E-state index contributed by atoms with van der Waals surface area (Å²) in [7, 11) is -3.68. The molecule has 0 aliphatic heterocycles. The number of nitrogens with one attached hydrogen (secondary N) is 1. The van der Waals surface area contributed by atoms with Crippen molar-refractivity contribution in [2.45, 2.75) is 18.7 Å². The Balaban J connectivity index is 0.00000180. The molecule has 0 unspecified atom stereocenters. The maximum atomic E-state index is 12.0. The number of hydrogen-bond donors (Lipinski definition) is 2. The second kappa shape index (κ2) is 5.96. The Bertz CT molecular complexity index is 665. The van der Waals surface area contributed by atoms with E-state index in [1.807, 2.05) is 0 Å². The number of nitrogens with zero attached hydrogens (tertiary/aromatic N) is 1. The second-order valence-electron chi connectivity index (χ2n) is 3.90. The van der Waals surface area contributed by atoms with E-state index >= 15 is 0 Å². The summed E-state index contributed by atoms with van der Waals surface area (Å²) in [5, 5.41) is 3.69. The fourth-order valence-electron chi connectivity index (χ4n) is 1.34. The fraction of sp³-hybridized carbons (Fsp3) is 0.182. The summed E-state index contributed by atoms with van der Waals surface area (Å²) in [6.07, 6.45) is 0. The van der Waals surface area contributed by atoms with E-state index in [2.05, 4.69) is 9.88 Å². The van der Waals surface area contributed by atoms with Gasteiger partial charge in [0.1, 0.15) is 0 Å². The zero-order chi connectivity index (χ0) is 13.3. The molecule has 19 heavy (non-hydrogen) atoms. The first-order valence-corrected chi connectivity index (χ1v) is 6.70. The van der Waals surface area contributed by atoms with Crippen molar-refractivity contribution in [3.05, 3.63) is 35.5 Å². The minimum absolute atomic E-state index is 0. The Kier molecular flexibility index (Phi) is 5.03. The molecule has 0 radical (unpaired) electrons. The van der Waals surface area contributed by atoms with Crippen molar-refractivity contribution in [2.75, 3.05) is 10.5 Å². The third-order valence-electron chi connectivity index (χ3n) is 2.57. The number of benzene rings is 1. The van der Waals surface area contributed by atoms with Crippen molar-refractivity contribution >= 4 is 51.2 Å². The topological polar surface area (TPSA) is 98.2 Å². The first kappa shape index (κ1) is 16.0. The van der Waals surface area contributed by atoms with Crippen LogP contribution in [0.5, 0.6) is 0 Å². The molecule has 0 spiro atoms. The van der Waals surface area contributed by atoms with Crippen molar-refractivity contribution in [2.24, 2.45) is 0 Å². The minimum atomic E-state index is -3.68. The Hall–Kier alpha value is -1.02. The summed E-state index contributed by atoms with van der Waals surface area (Å²) in [4.78, 5) is 0.116. The van der Waals surface area contributed by atoms with Gasteiger partial charge in [0.05, 0.1) is 10.6 Å². The van der Waals surface area contributed by atoms with Crippen molar-refractivity contribution in [3.8, 4) is 0 Å². The number of aromatic nitrogens is 1. The molecule has 0 atom stereocenters. The Morgan fingerprint density at radius 3 is 2.26 bits per heavy atom. The van der Waals surface area contributed by atoms with E-state index in [9.17, 15) is 8.42 Å². The van der Waals surface area contributed by atoms with Crippen LogP contribution in [0.15, 0.2) is 33.7 Å². The third-order valence-corrected chi connectivity index (χ3v) is 3.92. The van der Waals surface area contributed by atoms with E-state index in [0.29, 0.717) is 16.9 Å². The van der Waals surface area contributed by atoms with Crippen LogP contribution in [-0.2, 0) is 10.0 Å². The molecule has 6 nitrogen and oxygen atoms in total. The van der Waals surface area contributed by atoms with Gasteiger partial charge in [-0.05, 0) is 38.1 Å². The SMILES string of the molecule is Cc1noc(NS(=O)(=O)c2ccc(N)cc2)c1C.[NaH]. The van der Waals surface area contributed by atoms with Gasteiger partial charge in [-0.25, -0.2) is 13.1 Å². The summed E-state index contributed by atoms with van der Waals surface area (Å²) in [6, 6.07) is 5.90. The van der Waals surface area contributed by atoms with Crippen LogP contribution in [0.2, 0.25) is 0 Å². The molecule has 0 fully saturated rings. The fourth-order valence-corrected chi connectivity index (χ4v) is 2.39. The van der Waals surface area contributed by atoms with Gasteiger partial charge in [0.15, 0.2) is 0 Å². The molecule has 1 aromatic carbocycles. The Labute approximate surface area is 133 Å². The van der Waals surface area contributed by atoms with Crippen LogP contribution in [-0.4, -0.2) is 43.1 Å². The molecule has 0 amide bonds. The molecule has 0 bridgehead atoms. The summed E-state index contributed by atoms with van der Waals surface area (Å²) in [5.41, 5.74) is 7.31. The molecule has 8 heteroatoms. The second-order valence-corrected chi connectivity index (χ2v) is 5.58. The summed E-state index contributed by atoms with van der Waals surface area (Å²) < 4.78 is 31.3. The zero-order valence-corrected chi connectivity index (χ0v) is 10.8. The molecule has 98 valence electrons. The predicted molar refractivity (Wildman–Crippen MR) is 74.8 cm³/mol. The van der Waals surface area contributed by atoms with Crippen molar-refractivity contribution in [1.82, 2.24) is 5.16 Å².